The maximum absolute atomic E-state index is 13.9. The number of ether oxygens (including phenoxy) is 1. The number of sulfone groups is 1. The van der Waals surface area contributed by atoms with Crippen molar-refractivity contribution in [3.05, 3.63) is 82.8 Å². The molecule has 0 bridgehead atoms. The quantitative estimate of drug-likeness (QED) is 0.253. The van der Waals surface area contributed by atoms with Crippen LogP contribution >= 0.6 is 15.9 Å². The van der Waals surface area contributed by atoms with Crippen LogP contribution in [0, 0.1) is 5.41 Å². The van der Waals surface area contributed by atoms with E-state index in [1.807, 2.05) is 37.3 Å². The van der Waals surface area contributed by atoms with Crippen LogP contribution in [0.25, 0.3) is 0 Å². The number of nitrogens with zero attached hydrogens (tertiary/aromatic N) is 1. The molecule has 0 saturated heterocycles. The third-order valence-corrected chi connectivity index (χ3v) is 10.2. The summed E-state index contributed by atoms with van der Waals surface area (Å²) in [5.74, 6) is -1.67. The molecule has 0 fully saturated rings. The van der Waals surface area contributed by atoms with Crippen molar-refractivity contribution in [3.63, 3.8) is 0 Å². The Morgan fingerprint density at radius 1 is 1.07 bits per heavy atom. The lowest BCUT2D eigenvalue weighted by Crippen LogP contribution is -2.37. The molecule has 10 heteroatoms. The molecule has 2 N–H and O–H groups in total. The van der Waals surface area contributed by atoms with Crippen LogP contribution in [0.5, 0.6) is 5.75 Å². The highest BCUT2D eigenvalue weighted by molar-refractivity contribution is 9.10. The molecule has 4 rings (SSSR count). The van der Waals surface area contributed by atoms with Crippen LogP contribution in [-0.4, -0.2) is 44.3 Å². The molecule has 1 heterocycles. The summed E-state index contributed by atoms with van der Waals surface area (Å²) in [6.45, 7) is 4.21. The third-order valence-electron chi connectivity index (χ3n) is 7.55. The molecule has 1 aliphatic rings. The van der Waals surface area contributed by atoms with Crippen LogP contribution in [0.1, 0.15) is 51.1 Å². The van der Waals surface area contributed by atoms with Gasteiger partial charge in [0.1, 0.15) is 5.75 Å². The maximum atomic E-state index is 13.9. The van der Waals surface area contributed by atoms with Crippen LogP contribution in [-0.2, 0) is 19.4 Å². The zero-order valence-electron chi connectivity index (χ0n) is 23.2. The van der Waals surface area contributed by atoms with Gasteiger partial charge in [-0.25, -0.2) is 13.2 Å². The van der Waals surface area contributed by atoms with Gasteiger partial charge in [0.25, 0.3) is 5.91 Å². The van der Waals surface area contributed by atoms with E-state index >= 15 is 0 Å². The Labute approximate surface area is 249 Å². The molecule has 0 spiro atoms. The monoisotopic (exact) mass is 642 g/mol. The van der Waals surface area contributed by atoms with Gasteiger partial charge < -0.3 is 20.1 Å². The molecular weight excluding hydrogens is 608 g/mol. The first-order chi connectivity index (χ1) is 19.6. The van der Waals surface area contributed by atoms with Gasteiger partial charge in [0.15, 0.2) is 22.5 Å². The Balaban J connectivity index is 1.66. The number of benzene rings is 3. The Morgan fingerprint density at radius 2 is 1.73 bits per heavy atom. The fourth-order valence-corrected chi connectivity index (χ4v) is 7.87. The standard InChI is InChI=1S/C31H35BrN2O6S/c1-3-5-16-31(4-2)20-34(23-14-10-7-11-15-23)25-17-24(32)26(18-27(25)41(38,39)21-31)40-19-28(35)33-29(30(36)37)22-12-8-6-9-13-22/h6-15,17-18,29H,3-5,16,19-21H2,1-2H3,(H,33,35)(H,36,37)/t29-,31?/m0/s1. The molecule has 218 valence electrons. The number of anilines is 2. The number of carboxylic acids is 1. The van der Waals surface area contributed by atoms with Gasteiger partial charge in [0.2, 0.25) is 0 Å². The number of halogens is 1. The number of nitrogens with one attached hydrogen (secondary N) is 1. The molecule has 3 aromatic carbocycles. The summed E-state index contributed by atoms with van der Waals surface area (Å²) < 4.78 is 34.1. The average Bonchev–Trinajstić information content (AvgIpc) is 3.06. The number of aliphatic carboxylic acids is 1. The average molecular weight is 644 g/mol. The molecule has 0 aromatic heterocycles. The molecule has 0 saturated carbocycles. The molecule has 2 atom stereocenters. The number of amides is 1. The van der Waals surface area contributed by atoms with Gasteiger partial charge in [0.05, 0.1) is 20.8 Å². The van der Waals surface area contributed by atoms with E-state index in [-0.39, 0.29) is 16.4 Å². The van der Waals surface area contributed by atoms with Gasteiger partial charge in [-0.1, -0.05) is 75.2 Å². The lowest BCUT2D eigenvalue weighted by molar-refractivity contribution is -0.142. The van der Waals surface area contributed by atoms with E-state index in [2.05, 4.69) is 33.1 Å². The predicted molar refractivity (Wildman–Crippen MR) is 162 cm³/mol. The highest BCUT2D eigenvalue weighted by Crippen LogP contribution is 2.46. The van der Waals surface area contributed by atoms with Gasteiger partial charge in [-0.3, -0.25) is 4.79 Å². The SMILES string of the molecule is CCCCC1(CC)CN(c2ccccc2)c2cc(Br)c(OCC(=O)N[C@H](C(=O)O)c3ccccc3)cc2S(=O)(=O)C1. The summed E-state index contributed by atoms with van der Waals surface area (Å²) in [6, 6.07) is 20.0. The van der Waals surface area contributed by atoms with Gasteiger partial charge in [-0.15, -0.1) is 0 Å². The van der Waals surface area contributed by atoms with Crippen LogP contribution in [0.15, 0.2) is 82.2 Å². The summed E-state index contributed by atoms with van der Waals surface area (Å²) in [7, 11) is -3.73. The second-order valence-electron chi connectivity index (χ2n) is 10.4. The topological polar surface area (TPSA) is 113 Å². The second-order valence-corrected chi connectivity index (χ2v) is 13.2. The minimum absolute atomic E-state index is 0.00571. The van der Waals surface area contributed by atoms with E-state index < -0.39 is 39.8 Å². The minimum atomic E-state index is -3.73. The van der Waals surface area contributed by atoms with Gasteiger partial charge in [-0.2, -0.15) is 0 Å². The molecule has 41 heavy (non-hydrogen) atoms. The second kappa shape index (κ2) is 13.1. The van der Waals surface area contributed by atoms with Gasteiger partial charge in [-0.05, 0) is 52.5 Å². The molecule has 1 amide bonds. The summed E-state index contributed by atoms with van der Waals surface area (Å²) in [5.41, 5.74) is 1.41. The van der Waals surface area contributed by atoms with E-state index in [0.717, 1.165) is 24.9 Å². The smallest absolute Gasteiger partial charge is 0.330 e. The number of fused-ring (bicyclic) bond motifs is 1. The first kappa shape index (κ1) is 30.6. The molecule has 0 radical (unpaired) electrons. The Morgan fingerprint density at radius 3 is 2.34 bits per heavy atom. The third kappa shape index (κ3) is 7.11. The number of carbonyl (C=O) groups excluding carboxylic acids is 1. The summed E-state index contributed by atoms with van der Waals surface area (Å²) in [5, 5.41) is 12.1. The Kier molecular flexibility index (Phi) is 9.76. The number of para-hydroxylation sites is 1. The molecule has 3 aromatic rings. The van der Waals surface area contributed by atoms with Crippen LogP contribution in [0.2, 0.25) is 0 Å². The Hall–Kier alpha value is -3.37. The van der Waals surface area contributed by atoms with Gasteiger partial charge >= 0.3 is 5.97 Å². The van der Waals surface area contributed by atoms with Crippen molar-refractivity contribution in [1.29, 1.82) is 0 Å². The summed E-state index contributed by atoms with van der Waals surface area (Å²) in [6.07, 6.45) is 3.39. The van der Waals surface area contributed by atoms with E-state index in [4.69, 9.17) is 4.74 Å². The van der Waals surface area contributed by atoms with Crippen LogP contribution in [0.4, 0.5) is 11.4 Å². The highest BCUT2D eigenvalue weighted by Gasteiger charge is 2.42. The molecular formula is C31H35BrN2O6S. The van der Waals surface area contributed by atoms with Crippen molar-refractivity contribution >= 4 is 49.0 Å². The highest BCUT2D eigenvalue weighted by atomic mass is 79.9. The number of rotatable bonds is 11. The number of carboxylic acid groups (broad SMARTS) is 1. The largest absolute Gasteiger partial charge is 0.483 e. The number of unbranched alkanes of at least 4 members (excludes halogenated alkanes) is 1. The van der Waals surface area contributed by atoms with Crippen LogP contribution < -0.4 is 15.0 Å². The lowest BCUT2D eigenvalue weighted by atomic mass is 9.81. The normalized spacial score (nSPS) is 18.6. The van der Waals surface area contributed by atoms with Crippen molar-refractivity contribution in [2.75, 3.05) is 23.8 Å². The van der Waals surface area contributed by atoms with Crippen LogP contribution in [0.3, 0.4) is 0 Å². The Bertz CT molecular complexity index is 1480. The zero-order chi connectivity index (χ0) is 29.6. The van der Waals surface area contributed by atoms with E-state index in [1.54, 1.807) is 36.4 Å². The van der Waals surface area contributed by atoms with Crippen molar-refractivity contribution in [1.82, 2.24) is 5.32 Å². The van der Waals surface area contributed by atoms with Crippen molar-refractivity contribution in [2.45, 2.75) is 50.5 Å². The minimum Gasteiger partial charge on any atom is -0.483 e. The van der Waals surface area contributed by atoms with E-state index in [0.29, 0.717) is 28.7 Å². The molecule has 0 aliphatic carbocycles. The van der Waals surface area contributed by atoms with Crippen molar-refractivity contribution < 1.29 is 27.9 Å². The summed E-state index contributed by atoms with van der Waals surface area (Å²) in [4.78, 5) is 26.7. The van der Waals surface area contributed by atoms with Gasteiger partial charge in [0, 0.05) is 23.7 Å². The number of hydrogen-bond acceptors (Lipinski definition) is 6. The number of carbonyl (C=O) groups is 2. The number of hydrogen-bond donors (Lipinski definition) is 2. The first-order valence-electron chi connectivity index (χ1n) is 13.7. The zero-order valence-corrected chi connectivity index (χ0v) is 25.6. The lowest BCUT2D eigenvalue weighted by Gasteiger charge is -2.36. The van der Waals surface area contributed by atoms with E-state index in [9.17, 15) is 23.1 Å². The fourth-order valence-electron chi connectivity index (χ4n) is 5.25. The first-order valence-corrected chi connectivity index (χ1v) is 16.1. The molecule has 1 aliphatic heterocycles. The van der Waals surface area contributed by atoms with Crippen molar-refractivity contribution in [3.8, 4) is 5.75 Å². The predicted octanol–water partition coefficient (Wildman–Crippen LogP) is 6.28. The molecule has 8 nitrogen and oxygen atoms in total. The van der Waals surface area contributed by atoms with Crippen molar-refractivity contribution in [2.24, 2.45) is 5.41 Å². The molecule has 1 unspecified atom stereocenters. The summed E-state index contributed by atoms with van der Waals surface area (Å²) >= 11 is 3.51. The van der Waals surface area contributed by atoms with E-state index in [1.165, 1.54) is 6.07 Å². The fraction of sp³-hybridized carbons (Fsp3) is 0.355. The maximum Gasteiger partial charge on any atom is 0.330 e.